The lowest BCUT2D eigenvalue weighted by molar-refractivity contribution is 0.852. The molecule has 2 aromatic heterocycles. The quantitative estimate of drug-likeness (QED) is 0.232. The highest BCUT2D eigenvalue weighted by molar-refractivity contribution is 6.09. The highest BCUT2D eigenvalue weighted by atomic mass is 15.0. The molecule has 0 radical (unpaired) electrons. The van der Waals surface area contributed by atoms with Gasteiger partial charge in [-0.25, -0.2) is 0 Å². The second kappa shape index (κ2) is 8.63. The van der Waals surface area contributed by atoms with Crippen LogP contribution in [0.25, 0.3) is 43.6 Å². The first kappa shape index (κ1) is 22.9. The van der Waals surface area contributed by atoms with Gasteiger partial charge in [-0.3, -0.25) is 0 Å². The number of benzene rings is 5. The first-order valence-electron chi connectivity index (χ1n) is 13.5. The number of nitrogens with zero attached hydrogens (tertiary/aromatic N) is 2. The molecule has 5 aromatic carbocycles. The van der Waals surface area contributed by atoms with Gasteiger partial charge in [0.15, 0.2) is 0 Å². The van der Waals surface area contributed by atoms with Gasteiger partial charge in [0, 0.05) is 56.7 Å². The third kappa shape index (κ3) is 3.71. The lowest BCUT2D eigenvalue weighted by Gasteiger charge is -2.11. The van der Waals surface area contributed by atoms with Crippen LogP contribution in [0, 0.1) is 27.7 Å². The van der Waals surface area contributed by atoms with Crippen molar-refractivity contribution in [2.75, 3.05) is 0 Å². The van der Waals surface area contributed by atoms with E-state index in [4.69, 9.17) is 0 Å². The molecule has 186 valence electrons. The molecule has 0 fully saturated rings. The molecule has 2 heterocycles. The van der Waals surface area contributed by atoms with Crippen LogP contribution in [0.2, 0.25) is 0 Å². The van der Waals surface area contributed by atoms with E-state index in [1.54, 1.807) is 0 Å². The van der Waals surface area contributed by atoms with Crippen molar-refractivity contribution in [1.82, 2.24) is 9.13 Å². The maximum Gasteiger partial charge on any atom is 0.0494 e. The topological polar surface area (TPSA) is 9.86 Å². The molecule has 2 nitrogen and oxygen atoms in total. The summed E-state index contributed by atoms with van der Waals surface area (Å²) in [5, 5.41) is 5.38. The summed E-state index contributed by atoms with van der Waals surface area (Å²) in [6, 6.07) is 36.5. The largest absolute Gasteiger partial charge is 0.336 e. The van der Waals surface area contributed by atoms with Crippen LogP contribution in [-0.4, -0.2) is 9.13 Å². The van der Waals surface area contributed by atoms with Gasteiger partial charge in [0.1, 0.15) is 0 Å². The Hall–Kier alpha value is -4.30. The summed E-state index contributed by atoms with van der Waals surface area (Å²) in [5.74, 6) is 0. The molecule has 0 spiro atoms. The summed E-state index contributed by atoms with van der Waals surface area (Å²) >= 11 is 0. The highest BCUT2D eigenvalue weighted by Crippen LogP contribution is 2.33. The van der Waals surface area contributed by atoms with Crippen molar-refractivity contribution in [3.05, 3.63) is 130 Å². The van der Waals surface area contributed by atoms with E-state index in [0.717, 1.165) is 13.1 Å². The molecule has 0 atom stereocenters. The number of hydrogen-bond acceptors (Lipinski definition) is 0. The summed E-state index contributed by atoms with van der Waals surface area (Å²) < 4.78 is 4.94. The van der Waals surface area contributed by atoms with Gasteiger partial charge in [-0.1, -0.05) is 70.8 Å². The minimum atomic E-state index is 0.861. The normalized spacial score (nSPS) is 11.9. The molecule has 38 heavy (non-hydrogen) atoms. The lowest BCUT2D eigenvalue weighted by Crippen LogP contribution is -2.02. The van der Waals surface area contributed by atoms with Gasteiger partial charge in [-0.05, 0) is 87.4 Å². The van der Waals surface area contributed by atoms with Crippen molar-refractivity contribution in [2.45, 2.75) is 40.8 Å². The van der Waals surface area contributed by atoms with E-state index in [9.17, 15) is 0 Å². The van der Waals surface area contributed by atoms with Crippen LogP contribution in [0.15, 0.2) is 97.1 Å². The minimum absolute atomic E-state index is 0.861. The lowest BCUT2D eigenvalue weighted by atomic mass is 10.1. The number of aryl methyl sites for hydroxylation is 4. The van der Waals surface area contributed by atoms with E-state index in [0.29, 0.717) is 0 Å². The van der Waals surface area contributed by atoms with Gasteiger partial charge >= 0.3 is 0 Å². The molecule has 0 amide bonds. The van der Waals surface area contributed by atoms with Crippen LogP contribution in [0.3, 0.4) is 0 Å². The van der Waals surface area contributed by atoms with Crippen LogP contribution in [0.4, 0.5) is 0 Å². The first-order valence-corrected chi connectivity index (χ1v) is 13.5. The smallest absolute Gasteiger partial charge is 0.0494 e. The van der Waals surface area contributed by atoms with Crippen molar-refractivity contribution < 1.29 is 0 Å². The Morgan fingerprint density at radius 3 is 0.895 bits per heavy atom. The van der Waals surface area contributed by atoms with Crippen LogP contribution in [0.1, 0.15) is 33.4 Å². The third-order valence-corrected chi connectivity index (χ3v) is 8.06. The van der Waals surface area contributed by atoms with Crippen molar-refractivity contribution >= 4 is 43.6 Å². The second-order valence-electron chi connectivity index (χ2n) is 11.1. The van der Waals surface area contributed by atoms with Crippen LogP contribution in [-0.2, 0) is 13.1 Å². The van der Waals surface area contributed by atoms with E-state index in [-0.39, 0.29) is 0 Å². The molecule has 0 unspecified atom stereocenters. The van der Waals surface area contributed by atoms with Gasteiger partial charge in [-0.2, -0.15) is 0 Å². The molecular formula is C36H32N2. The molecular weight excluding hydrogens is 460 g/mol. The third-order valence-electron chi connectivity index (χ3n) is 8.06. The summed E-state index contributed by atoms with van der Waals surface area (Å²) in [6.07, 6.45) is 0. The summed E-state index contributed by atoms with van der Waals surface area (Å²) in [6.45, 7) is 10.4. The number of rotatable bonds is 4. The molecule has 2 heteroatoms. The van der Waals surface area contributed by atoms with E-state index >= 15 is 0 Å². The molecule has 0 saturated carbocycles. The average molecular weight is 493 g/mol. The van der Waals surface area contributed by atoms with Crippen molar-refractivity contribution in [3.63, 3.8) is 0 Å². The minimum Gasteiger partial charge on any atom is -0.336 e. The fraction of sp³-hybridized carbons (Fsp3) is 0.167. The monoisotopic (exact) mass is 492 g/mol. The Balaban J connectivity index is 1.26. The molecule has 0 bridgehead atoms. The Bertz CT molecular complexity index is 1730. The second-order valence-corrected chi connectivity index (χ2v) is 11.1. The maximum absolute atomic E-state index is 2.47. The number of fused-ring (bicyclic) bond motifs is 6. The molecule has 7 rings (SSSR count). The van der Waals surface area contributed by atoms with Gasteiger partial charge in [-0.15, -0.1) is 0 Å². The van der Waals surface area contributed by atoms with Crippen molar-refractivity contribution in [3.8, 4) is 0 Å². The first-order chi connectivity index (χ1) is 18.4. The maximum atomic E-state index is 2.47. The van der Waals surface area contributed by atoms with Crippen LogP contribution < -0.4 is 0 Å². The standard InChI is InChI=1S/C36H32N2/c1-23-5-13-33-29(17-23)30-18-24(2)6-14-34(30)37(33)21-27-9-11-28(12-10-27)22-38-35-15-7-25(3)19-31(35)32-20-26(4)8-16-36(32)38/h5-20H,21-22H2,1-4H3. The van der Waals surface area contributed by atoms with E-state index in [1.165, 1.54) is 77.0 Å². The fourth-order valence-electron chi connectivity index (χ4n) is 6.12. The van der Waals surface area contributed by atoms with E-state index in [1.807, 2.05) is 0 Å². The Morgan fingerprint density at radius 2 is 0.632 bits per heavy atom. The molecule has 0 aliphatic rings. The molecule has 0 aliphatic carbocycles. The Morgan fingerprint density at radius 1 is 0.368 bits per heavy atom. The van der Waals surface area contributed by atoms with Crippen LogP contribution in [0.5, 0.6) is 0 Å². The number of hydrogen-bond donors (Lipinski definition) is 0. The van der Waals surface area contributed by atoms with Gasteiger partial charge in [0.25, 0.3) is 0 Å². The van der Waals surface area contributed by atoms with Gasteiger partial charge < -0.3 is 9.13 Å². The summed E-state index contributed by atoms with van der Waals surface area (Å²) in [7, 11) is 0. The Labute approximate surface area is 223 Å². The number of aromatic nitrogens is 2. The summed E-state index contributed by atoms with van der Waals surface area (Å²) in [5.41, 5.74) is 13.1. The van der Waals surface area contributed by atoms with Gasteiger partial charge in [0.2, 0.25) is 0 Å². The molecule has 0 aliphatic heterocycles. The predicted octanol–water partition coefficient (Wildman–Crippen LogP) is 9.23. The predicted molar refractivity (Wildman–Crippen MR) is 162 cm³/mol. The van der Waals surface area contributed by atoms with Crippen molar-refractivity contribution in [2.24, 2.45) is 0 Å². The Kier molecular flexibility index (Phi) is 5.19. The highest BCUT2D eigenvalue weighted by Gasteiger charge is 2.13. The average Bonchev–Trinajstić information content (AvgIpc) is 3.36. The van der Waals surface area contributed by atoms with Gasteiger partial charge in [0.05, 0.1) is 0 Å². The zero-order chi connectivity index (χ0) is 26.0. The van der Waals surface area contributed by atoms with E-state index in [2.05, 4.69) is 134 Å². The molecule has 0 N–H and O–H groups in total. The van der Waals surface area contributed by atoms with Crippen LogP contribution >= 0.6 is 0 Å². The molecule has 7 aromatic rings. The zero-order valence-corrected chi connectivity index (χ0v) is 22.5. The zero-order valence-electron chi connectivity index (χ0n) is 22.5. The molecule has 0 saturated heterocycles. The van der Waals surface area contributed by atoms with E-state index < -0.39 is 0 Å². The fourth-order valence-corrected chi connectivity index (χ4v) is 6.12. The SMILES string of the molecule is Cc1ccc2c(c1)c1cc(C)ccc1n2Cc1ccc(Cn2c3ccc(C)cc3c3cc(C)ccc32)cc1. The summed E-state index contributed by atoms with van der Waals surface area (Å²) in [4.78, 5) is 0. The van der Waals surface area contributed by atoms with Crippen molar-refractivity contribution in [1.29, 1.82) is 0 Å².